The third-order valence-corrected chi connectivity index (χ3v) is 5.14. The number of thiazole rings is 1. The Labute approximate surface area is 179 Å². The largest absolute Gasteiger partial charge is 0.483 e. The summed E-state index contributed by atoms with van der Waals surface area (Å²) in [4.78, 5) is 42.3. The van der Waals surface area contributed by atoms with Crippen molar-refractivity contribution in [1.29, 1.82) is 0 Å². The van der Waals surface area contributed by atoms with Crippen molar-refractivity contribution in [1.82, 2.24) is 24.7 Å². The molecular weight excluding hydrogens is 424 g/mol. The Hall–Kier alpha value is -3.93. The number of aromatic nitrogens is 5. The van der Waals surface area contributed by atoms with Crippen molar-refractivity contribution in [3.05, 3.63) is 51.6 Å². The van der Waals surface area contributed by atoms with Gasteiger partial charge in [0.2, 0.25) is 5.91 Å². The molecule has 0 aliphatic carbocycles. The number of carboxylic acid groups (broad SMARTS) is 1. The summed E-state index contributed by atoms with van der Waals surface area (Å²) in [6.07, 6.45) is 1.51. The summed E-state index contributed by atoms with van der Waals surface area (Å²) >= 11 is 1.44. The van der Waals surface area contributed by atoms with Crippen molar-refractivity contribution in [3.8, 4) is 10.8 Å². The minimum Gasteiger partial charge on any atom is -0.483 e. The first-order valence-electron chi connectivity index (χ1n) is 9.02. The van der Waals surface area contributed by atoms with Crippen LogP contribution in [0, 0.1) is 13.8 Å². The second-order valence-electron chi connectivity index (χ2n) is 6.22. The Balaban J connectivity index is 0.000000858. The second kappa shape index (κ2) is 9.71. The first kappa shape index (κ1) is 21.8. The lowest BCUT2D eigenvalue weighted by Crippen LogP contribution is -2.23. The number of hydrogen-bond donors (Lipinski definition) is 2. The molecule has 0 aliphatic heterocycles. The van der Waals surface area contributed by atoms with E-state index in [4.69, 9.17) is 14.3 Å². The Morgan fingerprint density at radius 2 is 2.03 bits per heavy atom. The average Bonchev–Trinajstić information content (AvgIpc) is 3.33. The van der Waals surface area contributed by atoms with E-state index in [0.29, 0.717) is 16.8 Å². The Bertz CT molecular complexity index is 1280. The number of para-hydroxylation sites is 1. The van der Waals surface area contributed by atoms with Crippen molar-refractivity contribution >= 4 is 40.6 Å². The fraction of sp³-hybridized carbons (Fsp3) is 0.211. The quantitative estimate of drug-likeness (QED) is 0.443. The number of nitrogens with one attached hydrogen (secondary N) is 1. The number of aryl methyl sites for hydroxylation is 3. The van der Waals surface area contributed by atoms with Crippen LogP contribution in [0.3, 0.4) is 0 Å². The summed E-state index contributed by atoms with van der Waals surface area (Å²) in [6, 6.07) is 7.09. The minimum atomic E-state index is -0.340. The summed E-state index contributed by atoms with van der Waals surface area (Å²) in [7, 11) is 0. The normalized spacial score (nSPS) is 10.4. The number of benzene rings is 1. The maximum atomic E-state index is 12.4. The Morgan fingerprint density at radius 1 is 1.29 bits per heavy atom. The molecule has 4 aromatic rings. The highest BCUT2D eigenvalue weighted by Crippen LogP contribution is 2.29. The van der Waals surface area contributed by atoms with Crippen LogP contribution in [0.2, 0.25) is 0 Å². The molecule has 0 fully saturated rings. The molecule has 0 radical (unpaired) electrons. The molecule has 160 valence electrons. The zero-order valence-corrected chi connectivity index (χ0v) is 17.4. The zero-order valence-electron chi connectivity index (χ0n) is 16.6. The lowest BCUT2D eigenvalue weighted by Gasteiger charge is -2.06. The van der Waals surface area contributed by atoms with E-state index < -0.39 is 0 Å². The van der Waals surface area contributed by atoms with Gasteiger partial charge in [-0.1, -0.05) is 17.2 Å². The van der Waals surface area contributed by atoms with Gasteiger partial charge in [0.25, 0.3) is 17.9 Å². The molecule has 0 bridgehead atoms. The molecule has 0 atom stereocenters. The number of fused-ring (bicyclic) bond motifs is 1. The van der Waals surface area contributed by atoms with Crippen LogP contribution in [0.4, 0.5) is 6.01 Å². The van der Waals surface area contributed by atoms with E-state index in [1.54, 1.807) is 18.2 Å². The molecule has 0 saturated carbocycles. The highest BCUT2D eigenvalue weighted by atomic mass is 32.1. The molecule has 0 saturated heterocycles. The zero-order chi connectivity index (χ0) is 22.4. The lowest BCUT2D eigenvalue weighted by molar-refractivity contribution is -0.123. The van der Waals surface area contributed by atoms with Crippen LogP contribution in [-0.4, -0.2) is 42.2 Å². The molecule has 1 aromatic carbocycles. The monoisotopic (exact) mass is 442 g/mol. The molecule has 1 amide bonds. The summed E-state index contributed by atoms with van der Waals surface area (Å²) in [5, 5.41) is 18.7. The van der Waals surface area contributed by atoms with Crippen LogP contribution >= 0.6 is 11.3 Å². The van der Waals surface area contributed by atoms with Crippen LogP contribution in [-0.2, 0) is 16.1 Å². The van der Waals surface area contributed by atoms with Crippen LogP contribution in [0.25, 0.3) is 21.7 Å². The molecule has 0 spiro atoms. The second-order valence-corrected chi connectivity index (χ2v) is 7.43. The first-order chi connectivity index (χ1) is 14.9. The van der Waals surface area contributed by atoms with Crippen molar-refractivity contribution in [2.75, 3.05) is 5.32 Å². The number of carbonyl (C=O) groups excluding carboxylic acids is 1. The van der Waals surface area contributed by atoms with E-state index >= 15 is 0 Å². The van der Waals surface area contributed by atoms with Crippen LogP contribution < -0.4 is 10.9 Å². The van der Waals surface area contributed by atoms with Gasteiger partial charge in [0.05, 0.1) is 27.9 Å². The molecule has 3 heterocycles. The van der Waals surface area contributed by atoms with Crippen molar-refractivity contribution < 1.29 is 19.1 Å². The van der Waals surface area contributed by atoms with Gasteiger partial charge < -0.3 is 9.52 Å². The van der Waals surface area contributed by atoms with E-state index in [1.165, 1.54) is 22.2 Å². The SMILES string of the molecule is Cc1nc(C)c(-c2nnc(NC(=O)CCn3cnc4ccccc4c3=O)o2)s1.O=CO. The van der Waals surface area contributed by atoms with Gasteiger partial charge in [0.15, 0.2) is 0 Å². The molecule has 0 unspecified atom stereocenters. The van der Waals surface area contributed by atoms with Crippen LogP contribution in [0.5, 0.6) is 0 Å². The van der Waals surface area contributed by atoms with Gasteiger partial charge in [0.1, 0.15) is 4.88 Å². The van der Waals surface area contributed by atoms with E-state index in [2.05, 4.69) is 25.5 Å². The predicted octanol–water partition coefficient (Wildman–Crippen LogP) is 2.25. The van der Waals surface area contributed by atoms with Crippen molar-refractivity contribution in [2.24, 2.45) is 0 Å². The van der Waals surface area contributed by atoms with Gasteiger partial charge >= 0.3 is 6.01 Å². The van der Waals surface area contributed by atoms with Gasteiger partial charge in [-0.05, 0) is 26.0 Å². The van der Waals surface area contributed by atoms with Crippen LogP contribution in [0.15, 0.2) is 39.8 Å². The number of rotatable bonds is 5. The molecule has 0 aliphatic rings. The number of amides is 1. The standard InChI is InChI=1S/C18H16N6O3S.CH2O2/c1-10-15(28-11(2)20-10)16-22-23-18(27-16)21-14(25)7-8-24-9-19-13-6-4-3-5-12(13)17(24)26;2-1-3/h3-6,9H,7-8H2,1-2H3,(H,21,23,25);1H,(H,2,3). The maximum absolute atomic E-state index is 12.4. The third-order valence-electron chi connectivity index (χ3n) is 4.08. The molecule has 31 heavy (non-hydrogen) atoms. The fourth-order valence-electron chi connectivity index (χ4n) is 2.76. The molecular formula is C19H18N6O5S. The highest BCUT2D eigenvalue weighted by Gasteiger charge is 2.16. The van der Waals surface area contributed by atoms with Gasteiger partial charge in [-0.25, -0.2) is 9.97 Å². The van der Waals surface area contributed by atoms with E-state index in [-0.39, 0.29) is 36.9 Å². The topological polar surface area (TPSA) is 153 Å². The van der Waals surface area contributed by atoms with Crippen molar-refractivity contribution in [2.45, 2.75) is 26.8 Å². The Kier molecular flexibility index (Phi) is 6.82. The maximum Gasteiger partial charge on any atom is 0.322 e. The van der Waals surface area contributed by atoms with E-state index in [0.717, 1.165) is 15.6 Å². The predicted molar refractivity (Wildman–Crippen MR) is 113 cm³/mol. The number of anilines is 1. The molecule has 3 aromatic heterocycles. The molecule has 12 heteroatoms. The fourth-order valence-corrected chi connectivity index (χ4v) is 3.61. The Morgan fingerprint density at radius 3 is 2.74 bits per heavy atom. The van der Waals surface area contributed by atoms with Gasteiger partial charge in [-0.2, -0.15) is 0 Å². The summed E-state index contributed by atoms with van der Waals surface area (Å²) < 4.78 is 6.91. The number of hydrogen-bond acceptors (Lipinski definition) is 9. The number of carbonyl (C=O) groups is 2. The first-order valence-corrected chi connectivity index (χ1v) is 9.84. The van der Waals surface area contributed by atoms with Gasteiger partial charge in [0, 0.05) is 13.0 Å². The molecule has 4 rings (SSSR count). The molecule has 2 N–H and O–H groups in total. The van der Waals surface area contributed by atoms with Gasteiger partial charge in [-0.3, -0.25) is 24.3 Å². The van der Waals surface area contributed by atoms with E-state index in [9.17, 15) is 9.59 Å². The number of nitrogens with zero attached hydrogens (tertiary/aromatic N) is 5. The van der Waals surface area contributed by atoms with Gasteiger partial charge in [-0.15, -0.1) is 16.4 Å². The highest BCUT2D eigenvalue weighted by molar-refractivity contribution is 7.15. The molecule has 11 nitrogen and oxygen atoms in total. The summed E-state index contributed by atoms with van der Waals surface area (Å²) in [5.74, 6) is -0.0270. The van der Waals surface area contributed by atoms with E-state index in [1.807, 2.05) is 19.9 Å². The summed E-state index contributed by atoms with van der Waals surface area (Å²) in [5.41, 5.74) is 1.24. The lowest BCUT2D eigenvalue weighted by atomic mass is 10.2. The smallest absolute Gasteiger partial charge is 0.322 e. The average molecular weight is 442 g/mol. The van der Waals surface area contributed by atoms with Crippen molar-refractivity contribution in [3.63, 3.8) is 0 Å². The third kappa shape index (κ3) is 5.17. The minimum absolute atomic E-state index is 0.00874. The summed E-state index contributed by atoms with van der Waals surface area (Å²) in [6.45, 7) is 3.69. The van der Waals surface area contributed by atoms with Crippen LogP contribution in [0.1, 0.15) is 17.1 Å².